The zero-order valence-corrected chi connectivity index (χ0v) is 13.6. The minimum Gasteiger partial charge on any atom is -0.495 e. The van der Waals surface area contributed by atoms with E-state index in [1.807, 2.05) is 0 Å². The van der Waals surface area contributed by atoms with Crippen LogP contribution in [-0.4, -0.2) is 34.7 Å². The smallest absolute Gasteiger partial charge is 0.240 e. The van der Waals surface area contributed by atoms with E-state index in [0.717, 1.165) is 19.4 Å². The summed E-state index contributed by atoms with van der Waals surface area (Å²) in [6.45, 7) is 1.44. The van der Waals surface area contributed by atoms with Gasteiger partial charge in [-0.2, -0.15) is 0 Å². The molecule has 1 aliphatic rings. The molecule has 1 aromatic rings. The van der Waals surface area contributed by atoms with Gasteiger partial charge in [0, 0.05) is 12.6 Å². The van der Waals surface area contributed by atoms with Gasteiger partial charge in [0.25, 0.3) is 0 Å². The number of hydrogen-bond donors (Lipinski definition) is 2. The molecular weight excluding hydrogens is 312 g/mol. The molecule has 5 nitrogen and oxygen atoms in total. The molecule has 1 unspecified atom stereocenters. The van der Waals surface area contributed by atoms with Crippen LogP contribution in [0.5, 0.6) is 5.75 Å². The van der Waals surface area contributed by atoms with Crippen LogP contribution >= 0.6 is 11.6 Å². The number of nitrogens with one attached hydrogen (secondary N) is 2. The molecule has 1 heterocycles. The van der Waals surface area contributed by atoms with Crippen molar-refractivity contribution in [1.82, 2.24) is 10.0 Å². The summed E-state index contributed by atoms with van der Waals surface area (Å²) in [6, 6.07) is 4.86. The van der Waals surface area contributed by atoms with Crippen LogP contribution in [0, 0.1) is 0 Å². The minimum atomic E-state index is -3.53. The zero-order valence-electron chi connectivity index (χ0n) is 12.1. The van der Waals surface area contributed by atoms with E-state index in [4.69, 9.17) is 16.3 Å². The van der Waals surface area contributed by atoms with Gasteiger partial charge in [0.15, 0.2) is 0 Å². The number of ether oxygens (including phenoxy) is 1. The Morgan fingerprint density at radius 3 is 2.86 bits per heavy atom. The molecule has 2 N–H and O–H groups in total. The fraction of sp³-hybridized carbons (Fsp3) is 0.571. The van der Waals surface area contributed by atoms with E-state index in [9.17, 15) is 8.42 Å². The van der Waals surface area contributed by atoms with E-state index in [-0.39, 0.29) is 9.92 Å². The van der Waals surface area contributed by atoms with Crippen molar-refractivity contribution in [3.63, 3.8) is 0 Å². The Kier molecular flexibility index (Phi) is 5.87. The van der Waals surface area contributed by atoms with Crippen molar-refractivity contribution in [1.29, 1.82) is 0 Å². The average molecular weight is 333 g/mol. The van der Waals surface area contributed by atoms with Gasteiger partial charge in [-0.15, -0.1) is 0 Å². The van der Waals surface area contributed by atoms with E-state index in [0.29, 0.717) is 18.3 Å². The van der Waals surface area contributed by atoms with Gasteiger partial charge in [0.1, 0.15) is 5.75 Å². The first-order chi connectivity index (χ1) is 10.0. The fourth-order valence-corrected chi connectivity index (χ4v) is 3.83. The van der Waals surface area contributed by atoms with Crippen LogP contribution in [0.25, 0.3) is 0 Å². The second-order valence-corrected chi connectivity index (χ2v) is 7.30. The van der Waals surface area contributed by atoms with Gasteiger partial charge in [-0.05, 0) is 44.0 Å². The second-order valence-electron chi connectivity index (χ2n) is 5.13. The number of piperidine rings is 1. The normalized spacial score (nSPS) is 19.4. The number of methoxy groups -OCH3 is 1. The Morgan fingerprint density at radius 1 is 1.43 bits per heavy atom. The molecule has 0 aromatic heterocycles. The molecule has 1 aromatic carbocycles. The molecule has 0 spiro atoms. The van der Waals surface area contributed by atoms with Crippen molar-refractivity contribution < 1.29 is 13.2 Å². The molecule has 1 atom stereocenters. The maximum absolute atomic E-state index is 12.2. The Labute approximate surface area is 131 Å². The predicted octanol–water partition coefficient (Wildman–Crippen LogP) is 2.16. The molecule has 1 saturated heterocycles. The summed E-state index contributed by atoms with van der Waals surface area (Å²) in [7, 11) is -2.04. The van der Waals surface area contributed by atoms with Gasteiger partial charge in [-0.3, -0.25) is 0 Å². The lowest BCUT2D eigenvalue weighted by molar-refractivity contribution is 0.382. The summed E-state index contributed by atoms with van der Waals surface area (Å²) < 4.78 is 32.0. The average Bonchev–Trinajstić information content (AvgIpc) is 2.48. The van der Waals surface area contributed by atoms with Crippen LogP contribution in [0.3, 0.4) is 0 Å². The van der Waals surface area contributed by atoms with E-state index >= 15 is 0 Å². The molecule has 0 bridgehead atoms. The van der Waals surface area contributed by atoms with Crippen LogP contribution in [0.4, 0.5) is 0 Å². The standard InChI is InChI=1S/C14H21ClN2O3S/c1-20-14-6-5-12(10-13(14)15)21(18,19)17-9-7-11-4-2-3-8-16-11/h5-6,10-11,16-17H,2-4,7-9H2,1H3. The lowest BCUT2D eigenvalue weighted by atomic mass is 10.0. The summed E-state index contributed by atoms with van der Waals surface area (Å²) >= 11 is 5.96. The molecule has 21 heavy (non-hydrogen) atoms. The Morgan fingerprint density at radius 2 is 2.24 bits per heavy atom. The molecule has 118 valence electrons. The SMILES string of the molecule is COc1ccc(S(=O)(=O)NCCC2CCCCN2)cc1Cl. The zero-order chi connectivity index (χ0) is 15.3. The topological polar surface area (TPSA) is 67.4 Å². The van der Waals surface area contributed by atoms with Crippen molar-refractivity contribution >= 4 is 21.6 Å². The van der Waals surface area contributed by atoms with E-state index in [1.54, 1.807) is 6.07 Å². The quantitative estimate of drug-likeness (QED) is 0.837. The van der Waals surface area contributed by atoms with Gasteiger partial charge in [-0.25, -0.2) is 13.1 Å². The van der Waals surface area contributed by atoms with Crippen LogP contribution < -0.4 is 14.8 Å². The number of rotatable bonds is 6. The minimum absolute atomic E-state index is 0.157. The largest absolute Gasteiger partial charge is 0.495 e. The summed E-state index contributed by atoms with van der Waals surface area (Å²) in [6.07, 6.45) is 4.31. The van der Waals surface area contributed by atoms with Crippen molar-refractivity contribution in [2.45, 2.75) is 36.6 Å². The molecule has 2 rings (SSSR count). The van der Waals surface area contributed by atoms with Crippen molar-refractivity contribution in [3.8, 4) is 5.75 Å². The summed E-state index contributed by atoms with van der Waals surface area (Å²) in [4.78, 5) is 0.157. The van der Waals surface area contributed by atoms with Gasteiger partial charge >= 0.3 is 0 Å². The first kappa shape index (κ1) is 16.5. The number of sulfonamides is 1. The molecule has 1 aliphatic heterocycles. The Hall–Kier alpha value is -0.820. The number of benzene rings is 1. The highest BCUT2D eigenvalue weighted by atomic mass is 35.5. The first-order valence-corrected chi connectivity index (χ1v) is 8.95. The van der Waals surface area contributed by atoms with Gasteiger partial charge in [0.05, 0.1) is 17.0 Å². The van der Waals surface area contributed by atoms with Crippen molar-refractivity contribution in [3.05, 3.63) is 23.2 Å². The second kappa shape index (κ2) is 7.45. The molecular formula is C14H21ClN2O3S. The Balaban J connectivity index is 1.93. The third kappa shape index (κ3) is 4.57. The van der Waals surface area contributed by atoms with Gasteiger partial charge in [0.2, 0.25) is 10.0 Å². The van der Waals surface area contributed by atoms with Crippen LogP contribution in [0.15, 0.2) is 23.1 Å². The van der Waals surface area contributed by atoms with E-state index in [2.05, 4.69) is 10.0 Å². The maximum atomic E-state index is 12.2. The summed E-state index contributed by atoms with van der Waals surface area (Å²) in [5.41, 5.74) is 0. The highest BCUT2D eigenvalue weighted by molar-refractivity contribution is 7.89. The molecule has 0 radical (unpaired) electrons. The molecule has 0 aliphatic carbocycles. The van der Waals surface area contributed by atoms with E-state index < -0.39 is 10.0 Å². The third-order valence-corrected chi connectivity index (χ3v) is 5.38. The highest BCUT2D eigenvalue weighted by Crippen LogP contribution is 2.26. The summed E-state index contributed by atoms with van der Waals surface area (Å²) in [5.74, 6) is 0.460. The van der Waals surface area contributed by atoms with Gasteiger partial charge in [-0.1, -0.05) is 18.0 Å². The molecule has 7 heteroatoms. The van der Waals surface area contributed by atoms with Crippen molar-refractivity contribution in [2.75, 3.05) is 20.2 Å². The van der Waals surface area contributed by atoms with E-state index in [1.165, 1.54) is 32.1 Å². The van der Waals surface area contributed by atoms with Gasteiger partial charge < -0.3 is 10.1 Å². The first-order valence-electron chi connectivity index (χ1n) is 7.09. The number of hydrogen-bond acceptors (Lipinski definition) is 4. The van der Waals surface area contributed by atoms with Crippen molar-refractivity contribution in [2.24, 2.45) is 0 Å². The molecule has 0 amide bonds. The lowest BCUT2D eigenvalue weighted by Gasteiger charge is -2.23. The summed E-state index contributed by atoms with van der Waals surface area (Å²) in [5, 5.41) is 3.68. The monoisotopic (exact) mass is 332 g/mol. The maximum Gasteiger partial charge on any atom is 0.240 e. The Bertz CT molecular complexity index is 572. The highest BCUT2D eigenvalue weighted by Gasteiger charge is 2.17. The predicted molar refractivity (Wildman–Crippen MR) is 83.5 cm³/mol. The third-order valence-electron chi connectivity index (χ3n) is 3.63. The van der Waals surface area contributed by atoms with Crippen LogP contribution in [-0.2, 0) is 10.0 Å². The number of halogens is 1. The van der Waals surface area contributed by atoms with Crippen LogP contribution in [0.2, 0.25) is 5.02 Å². The fourth-order valence-electron chi connectivity index (χ4n) is 2.44. The molecule has 0 saturated carbocycles. The lowest BCUT2D eigenvalue weighted by Crippen LogP contribution is -2.37. The van der Waals surface area contributed by atoms with Crippen LogP contribution in [0.1, 0.15) is 25.7 Å². The molecule has 1 fully saturated rings.